The number of anilines is 3. The van der Waals surface area contributed by atoms with E-state index in [2.05, 4.69) is 47.8 Å². The maximum Gasteiger partial charge on any atom is 0.416 e. The summed E-state index contributed by atoms with van der Waals surface area (Å²) >= 11 is 6.26. The fourth-order valence-corrected chi connectivity index (χ4v) is 5.76. The second-order valence-electron chi connectivity index (χ2n) is 10.3. The van der Waals surface area contributed by atoms with E-state index in [0.717, 1.165) is 30.3 Å². The fraction of sp³-hybridized carbons (Fsp3) is 0.100. The van der Waals surface area contributed by atoms with Crippen LogP contribution >= 0.6 is 31.9 Å². The number of amides is 2. The summed E-state index contributed by atoms with van der Waals surface area (Å²) in [5.41, 5.74) is -4.18. The topological polar surface area (TPSA) is 217 Å². The number of Topliss-reactive ketones (excluding diaryl/α,β-unsaturated/α-hetero) is 1. The van der Waals surface area contributed by atoms with Gasteiger partial charge in [0.2, 0.25) is 0 Å². The summed E-state index contributed by atoms with van der Waals surface area (Å²) in [7, 11) is 0. The van der Waals surface area contributed by atoms with Crippen molar-refractivity contribution in [3.63, 3.8) is 0 Å². The Morgan fingerprint density at radius 3 is 1.76 bits per heavy atom. The lowest BCUT2D eigenvalue weighted by molar-refractivity contribution is -0.385. The minimum Gasteiger partial charge on any atom is -0.372 e. The average molecular weight is 824 g/mol. The third-order valence-corrected chi connectivity index (χ3v) is 8.07. The smallest absolute Gasteiger partial charge is 0.372 e. The van der Waals surface area contributed by atoms with Gasteiger partial charge >= 0.3 is 6.18 Å². The van der Waals surface area contributed by atoms with Crippen molar-refractivity contribution in [3.05, 3.63) is 134 Å². The number of halogens is 5. The van der Waals surface area contributed by atoms with Gasteiger partial charge in [0, 0.05) is 49.9 Å². The molecule has 258 valence electrons. The summed E-state index contributed by atoms with van der Waals surface area (Å²) < 4.78 is 39.7. The van der Waals surface area contributed by atoms with Crippen molar-refractivity contribution in [2.45, 2.75) is 13.1 Å². The molecule has 0 radical (unpaired) electrons. The summed E-state index contributed by atoms with van der Waals surface area (Å²) in [6.07, 6.45) is -4.93. The van der Waals surface area contributed by atoms with Crippen LogP contribution in [0.15, 0.2) is 75.7 Å². The fourth-order valence-electron chi connectivity index (χ4n) is 4.40. The van der Waals surface area contributed by atoms with E-state index in [9.17, 15) is 57.9 Å². The van der Waals surface area contributed by atoms with Crippen LogP contribution in [0, 0.1) is 37.3 Å². The van der Waals surface area contributed by atoms with Crippen molar-refractivity contribution in [3.8, 4) is 0 Å². The summed E-state index contributed by atoms with van der Waals surface area (Å²) in [5, 5.41) is 41.5. The molecule has 0 fully saturated rings. The molecular weight excluding hydrogens is 805 g/mol. The van der Waals surface area contributed by atoms with Crippen LogP contribution in [0.1, 0.15) is 42.2 Å². The van der Waals surface area contributed by atoms with Crippen molar-refractivity contribution < 1.29 is 42.3 Å². The van der Waals surface area contributed by atoms with Crippen molar-refractivity contribution in [1.29, 1.82) is 0 Å². The quantitative estimate of drug-likeness (QED) is 0.0751. The van der Waals surface area contributed by atoms with Gasteiger partial charge in [0.25, 0.3) is 28.9 Å². The van der Waals surface area contributed by atoms with E-state index in [1.807, 2.05) is 0 Å². The van der Waals surface area contributed by atoms with Gasteiger partial charge in [0.05, 0.1) is 32.6 Å². The molecule has 4 aromatic rings. The van der Waals surface area contributed by atoms with Gasteiger partial charge in [0.15, 0.2) is 5.78 Å². The lowest BCUT2D eigenvalue weighted by atomic mass is 10.0. The lowest BCUT2D eigenvalue weighted by Crippen LogP contribution is -2.20. The minimum atomic E-state index is -4.93. The SMILES string of the molecule is Cc1ccc(NCC(=O)c2cc(C(=O)Nc3ccc(C(F)(F)F)cc3[N+](=O)[O-])cc(C(=O)Nc3c(Br)cc([N+](=O)[O-])cc3Br)c2)c([N+](=O)[O-])c1. The van der Waals surface area contributed by atoms with Gasteiger partial charge < -0.3 is 16.0 Å². The van der Waals surface area contributed by atoms with E-state index in [-0.39, 0.29) is 48.9 Å². The van der Waals surface area contributed by atoms with Gasteiger partial charge in [-0.25, -0.2) is 0 Å². The Hall–Kier alpha value is -5.76. The van der Waals surface area contributed by atoms with Gasteiger partial charge in [-0.3, -0.25) is 44.7 Å². The zero-order valence-electron chi connectivity index (χ0n) is 25.0. The number of rotatable bonds is 11. The molecule has 4 aromatic carbocycles. The molecule has 0 heterocycles. The number of carbonyl (C=O) groups is 3. The number of benzene rings is 4. The largest absolute Gasteiger partial charge is 0.416 e. The molecule has 20 heteroatoms. The molecule has 0 unspecified atom stereocenters. The van der Waals surface area contributed by atoms with E-state index < -0.39 is 67.6 Å². The van der Waals surface area contributed by atoms with Gasteiger partial charge in [-0.05, 0) is 80.7 Å². The number of nitro groups is 3. The Labute approximate surface area is 294 Å². The standard InChI is InChI=1S/C30H19Br2F3N6O9/c1-14-2-4-22(24(6-14)40(47)48)36-13-26(42)15-7-16(28(43)37-23-5-3-18(30(33,34)35)10-25(23)41(49)50)9-17(8-15)29(44)38-27-20(31)11-19(39(45)46)12-21(27)32/h2-12,36H,13H2,1H3,(H,37,43)(H,38,44). The maximum absolute atomic E-state index is 13.4. The third kappa shape index (κ3) is 8.63. The number of non-ortho nitro benzene ring substituents is 1. The number of nitrogens with one attached hydrogen (secondary N) is 3. The number of carbonyl (C=O) groups excluding carboxylic acids is 3. The van der Waals surface area contributed by atoms with Gasteiger partial charge in [-0.1, -0.05) is 6.07 Å². The second-order valence-corrected chi connectivity index (χ2v) is 12.0. The van der Waals surface area contributed by atoms with E-state index in [1.165, 1.54) is 12.1 Å². The highest BCUT2D eigenvalue weighted by molar-refractivity contribution is 9.11. The van der Waals surface area contributed by atoms with Crippen LogP contribution < -0.4 is 16.0 Å². The molecule has 15 nitrogen and oxygen atoms in total. The first-order chi connectivity index (χ1) is 23.3. The van der Waals surface area contributed by atoms with Crippen LogP contribution in [0.3, 0.4) is 0 Å². The number of ketones is 1. The van der Waals surface area contributed by atoms with Crippen LogP contribution in [0.2, 0.25) is 0 Å². The molecule has 0 atom stereocenters. The van der Waals surface area contributed by atoms with Crippen LogP contribution in [0.4, 0.5) is 47.3 Å². The van der Waals surface area contributed by atoms with E-state index in [1.54, 1.807) is 13.0 Å². The molecule has 50 heavy (non-hydrogen) atoms. The Bertz CT molecular complexity index is 2090. The molecule has 0 saturated carbocycles. The number of nitro benzene ring substituents is 3. The van der Waals surface area contributed by atoms with Crippen LogP contribution in [0.25, 0.3) is 0 Å². The molecule has 0 aliphatic heterocycles. The predicted molar refractivity (Wildman–Crippen MR) is 180 cm³/mol. The van der Waals surface area contributed by atoms with E-state index >= 15 is 0 Å². The number of aryl methyl sites for hydroxylation is 1. The highest BCUT2D eigenvalue weighted by Gasteiger charge is 2.33. The Morgan fingerprint density at radius 2 is 1.22 bits per heavy atom. The predicted octanol–water partition coefficient (Wildman–Crippen LogP) is 8.06. The van der Waals surface area contributed by atoms with Crippen molar-refractivity contribution >= 4 is 83.6 Å². The van der Waals surface area contributed by atoms with Crippen LogP contribution in [0.5, 0.6) is 0 Å². The molecular formula is C30H19Br2F3N6O9. The molecule has 0 aliphatic rings. The number of hydrogen-bond acceptors (Lipinski definition) is 10. The molecule has 0 aromatic heterocycles. The molecule has 2 amide bonds. The number of hydrogen-bond donors (Lipinski definition) is 3. The zero-order chi connectivity index (χ0) is 37.1. The normalized spacial score (nSPS) is 11.0. The first-order valence-corrected chi connectivity index (χ1v) is 15.2. The average Bonchev–Trinajstić information content (AvgIpc) is 3.04. The Balaban J connectivity index is 1.73. The first-order valence-electron chi connectivity index (χ1n) is 13.6. The Kier molecular flexibility index (Phi) is 11.0. The highest BCUT2D eigenvalue weighted by Crippen LogP contribution is 2.37. The third-order valence-electron chi connectivity index (χ3n) is 6.81. The first kappa shape index (κ1) is 37.1. The summed E-state index contributed by atoms with van der Waals surface area (Å²) in [6.45, 7) is 1.05. The summed E-state index contributed by atoms with van der Waals surface area (Å²) in [6, 6.07) is 10.9. The monoisotopic (exact) mass is 822 g/mol. The molecule has 0 saturated heterocycles. The van der Waals surface area contributed by atoms with Crippen molar-refractivity contribution in [2.24, 2.45) is 0 Å². The molecule has 0 spiro atoms. The Morgan fingerprint density at radius 1 is 0.700 bits per heavy atom. The lowest BCUT2D eigenvalue weighted by Gasteiger charge is -2.14. The molecule has 0 bridgehead atoms. The van der Waals surface area contributed by atoms with Crippen LogP contribution in [-0.4, -0.2) is 38.9 Å². The zero-order valence-corrected chi connectivity index (χ0v) is 28.1. The summed E-state index contributed by atoms with van der Waals surface area (Å²) in [4.78, 5) is 71.9. The highest BCUT2D eigenvalue weighted by atomic mass is 79.9. The number of nitrogens with zero attached hydrogens (tertiary/aromatic N) is 3. The van der Waals surface area contributed by atoms with Crippen molar-refractivity contribution in [2.75, 3.05) is 22.5 Å². The minimum absolute atomic E-state index is 0.0108. The molecule has 0 aliphatic carbocycles. The van der Waals surface area contributed by atoms with Crippen molar-refractivity contribution in [1.82, 2.24) is 0 Å². The summed E-state index contributed by atoms with van der Waals surface area (Å²) in [5.74, 6) is -2.87. The molecule has 3 N–H and O–H groups in total. The second kappa shape index (κ2) is 14.8. The van der Waals surface area contributed by atoms with E-state index in [0.29, 0.717) is 17.7 Å². The van der Waals surface area contributed by atoms with Gasteiger partial charge in [-0.15, -0.1) is 0 Å². The van der Waals surface area contributed by atoms with Gasteiger partial charge in [0.1, 0.15) is 11.4 Å². The van der Waals surface area contributed by atoms with Gasteiger partial charge in [-0.2, -0.15) is 13.2 Å². The molecule has 4 rings (SSSR count). The van der Waals surface area contributed by atoms with E-state index in [4.69, 9.17) is 0 Å². The maximum atomic E-state index is 13.4. The van der Waals surface area contributed by atoms with Crippen LogP contribution in [-0.2, 0) is 6.18 Å². The number of alkyl halides is 3.